The van der Waals surface area contributed by atoms with Crippen LogP contribution in [0.25, 0.3) is 0 Å². The van der Waals surface area contributed by atoms with Crippen LogP contribution in [0, 0.1) is 6.92 Å². The van der Waals surface area contributed by atoms with Crippen molar-refractivity contribution >= 4 is 5.69 Å². The molecule has 0 saturated carbocycles. The zero-order chi connectivity index (χ0) is 11.7. The maximum absolute atomic E-state index is 3.41. The number of rotatable bonds is 2. The zero-order valence-corrected chi connectivity index (χ0v) is 10.5. The smallest absolute Gasteiger partial charge is 0.0447 e. The third kappa shape index (κ3) is 2.31. The maximum atomic E-state index is 3.41. The van der Waals surface area contributed by atoms with Crippen molar-refractivity contribution in [2.75, 3.05) is 44.2 Å². The summed E-state index contributed by atoms with van der Waals surface area (Å²) >= 11 is 0. The van der Waals surface area contributed by atoms with Crippen LogP contribution >= 0.6 is 0 Å². The molecule has 3 heteroatoms. The highest BCUT2D eigenvalue weighted by molar-refractivity contribution is 5.50. The van der Waals surface area contributed by atoms with Gasteiger partial charge in [-0.15, -0.1) is 0 Å². The molecular formula is C14H21N3. The number of benzene rings is 1. The van der Waals surface area contributed by atoms with Crippen molar-refractivity contribution in [3.63, 3.8) is 0 Å². The summed E-state index contributed by atoms with van der Waals surface area (Å²) in [6.07, 6.45) is 0. The number of anilines is 1. The molecule has 0 unspecified atom stereocenters. The number of nitrogens with zero attached hydrogens (tertiary/aromatic N) is 2. The van der Waals surface area contributed by atoms with Crippen molar-refractivity contribution in [2.24, 2.45) is 0 Å². The van der Waals surface area contributed by atoms with Gasteiger partial charge in [0, 0.05) is 51.0 Å². The second-order valence-corrected chi connectivity index (χ2v) is 5.18. The molecule has 92 valence electrons. The Morgan fingerprint density at radius 2 is 1.71 bits per heavy atom. The van der Waals surface area contributed by atoms with Gasteiger partial charge in [-0.05, 0) is 19.1 Å². The Balaban J connectivity index is 1.55. The van der Waals surface area contributed by atoms with Crippen LogP contribution < -0.4 is 10.2 Å². The Labute approximate surface area is 103 Å². The minimum Gasteiger partial charge on any atom is -0.368 e. The summed E-state index contributed by atoms with van der Waals surface area (Å²) in [5, 5.41) is 3.41. The van der Waals surface area contributed by atoms with Crippen LogP contribution in [0.5, 0.6) is 0 Å². The highest BCUT2D eigenvalue weighted by atomic mass is 15.3. The van der Waals surface area contributed by atoms with Gasteiger partial charge in [-0.2, -0.15) is 0 Å². The fourth-order valence-electron chi connectivity index (χ4n) is 2.70. The molecule has 0 bridgehead atoms. The van der Waals surface area contributed by atoms with Crippen LogP contribution in [0.15, 0.2) is 24.3 Å². The summed E-state index contributed by atoms with van der Waals surface area (Å²) in [4.78, 5) is 5.10. The van der Waals surface area contributed by atoms with Crippen LogP contribution in [-0.2, 0) is 0 Å². The van der Waals surface area contributed by atoms with Crippen LogP contribution in [0.3, 0.4) is 0 Å². The molecule has 0 atom stereocenters. The topological polar surface area (TPSA) is 18.5 Å². The number of hydrogen-bond acceptors (Lipinski definition) is 3. The SMILES string of the molecule is Cc1ccc(N2CC(N3CCNCC3)C2)cc1. The highest BCUT2D eigenvalue weighted by Gasteiger charge is 2.32. The average Bonchev–Trinajstić information content (AvgIpc) is 2.31. The summed E-state index contributed by atoms with van der Waals surface area (Å²) in [6, 6.07) is 9.66. The van der Waals surface area contributed by atoms with E-state index in [9.17, 15) is 0 Å². The first-order chi connectivity index (χ1) is 8.33. The number of nitrogens with one attached hydrogen (secondary N) is 1. The van der Waals surface area contributed by atoms with E-state index >= 15 is 0 Å². The molecule has 2 saturated heterocycles. The molecule has 0 aromatic heterocycles. The lowest BCUT2D eigenvalue weighted by molar-refractivity contribution is 0.147. The second-order valence-electron chi connectivity index (χ2n) is 5.18. The molecule has 2 aliphatic rings. The second kappa shape index (κ2) is 4.67. The quantitative estimate of drug-likeness (QED) is 0.822. The van der Waals surface area contributed by atoms with Crippen molar-refractivity contribution in [2.45, 2.75) is 13.0 Å². The third-order valence-corrected chi connectivity index (χ3v) is 3.93. The summed E-state index contributed by atoms with van der Waals surface area (Å²) in [5.41, 5.74) is 2.72. The van der Waals surface area contributed by atoms with E-state index in [1.165, 1.54) is 37.4 Å². The van der Waals surface area contributed by atoms with Crippen LogP contribution in [0.1, 0.15) is 5.56 Å². The first-order valence-electron chi connectivity index (χ1n) is 6.59. The fourth-order valence-corrected chi connectivity index (χ4v) is 2.70. The normalized spacial score (nSPS) is 22.5. The Hall–Kier alpha value is -1.06. The van der Waals surface area contributed by atoms with Gasteiger partial charge in [-0.25, -0.2) is 0 Å². The van der Waals surface area contributed by atoms with E-state index in [4.69, 9.17) is 0 Å². The molecular weight excluding hydrogens is 210 g/mol. The standard InChI is InChI=1S/C14H21N3/c1-12-2-4-13(5-3-12)17-10-14(11-17)16-8-6-15-7-9-16/h2-5,14-15H,6-11H2,1H3. The molecule has 3 nitrogen and oxygen atoms in total. The van der Waals surface area contributed by atoms with Gasteiger partial charge in [0.15, 0.2) is 0 Å². The van der Waals surface area contributed by atoms with Crippen molar-refractivity contribution in [3.8, 4) is 0 Å². The molecule has 3 rings (SSSR count). The Kier molecular flexibility index (Phi) is 3.04. The van der Waals surface area contributed by atoms with E-state index in [0.29, 0.717) is 0 Å². The van der Waals surface area contributed by atoms with E-state index in [0.717, 1.165) is 19.1 Å². The molecule has 1 N–H and O–H groups in total. The molecule has 1 aromatic carbocycles. The van der Waals surface area contributed by atoms with E-state index in [1.54, 1.807) is 0 Å². The minimum absolute atomic E-state index is 0.776. The predicted molar refractivity (Wildman–Crippen MR) is 71.6 cm³/mol. The van der Waals surface area contributed by atoms with Crippen molar-refractivity contribution in [1.29, 1.82) is 0 Å². The molecule has 2 fully saturated rings. The lowest BCUT2D eigenvalue weighted by Crippen LogP contribution is -2.62. The highest BCUT2D eigenvalue weighted by Crippen LogP contribution is 2.24. The van der Waals surface area contributed by atoms with Gasteiger partial charge in [0.1, 0.15) is 0 Å². The van der Waals surface area contributed by atoms with Gasteiger partial charge in [0.2, 0.25) is 0 Å². The van der Waals surface area contributed by atoms with E-state index in [2.05, 4.69) is 46.3 Å². The van der Waals surface area contributed by atoms with Crippen LogP contribution in [0.4, 0.5) is 5.69 Å². The molecule has 17 heavy (non-hydrogen) atoms. The lowest BCUT2D eigenvalue weighted by atomic mass is 10.0. The van der Waals surface area contributed by atoms with E-state index in [1.807, 2.05) is 0 Å². The molecule has 0 amide bonds. The Bertz CT molecular complexity index is 362. The molecule has 0 spiro atoms. The summed E-state index contributed by atoms with van der Waals surface area (Å²) < 4.78 is 0. The predicted octanol–water partition coefficient (Wildman–Crippen LogP) is 1.09. The van der Waals surface area contributed by atoms with Gasteiger partial charge in [-0.1, -0.05) is 17.7 Å². The number of hydrogen-bond donors (Lipinski definition) is 1. The van der Waals surface area contributed by atoms with E-state index in [-0.39, 0.29) is 0 Å². The molecule has 0 aliphatic carbocycles. The molecule has 2 aliphatic heterocycles. The van der Waals surface area contributed by atoms with Gasteiger partial charge in [-0.3, -0.25) is 4.90 Å². The summed E-state index contributed by atoms with van der Waals surface area (Å²) in [7, 11) is 0. The Morgan fingerprint density at radius 1 is 1.06 bits per heavy atom. The van der Waals surface area contributed by atoms with Crippen LogP contribution in [-0.4, -0.2) is 50.2 Å². The molecule has 0 radical (unpaired) electrons. The summed E-state index contributed by atoms with van der Waals surface area (Å²) in [5.74, 6) is 0. The van der Waals surface area contributed by atoms with Gasteiger partial charge in [0.25, 0.3) is 0 Å². The van der Waals surface area contributed by atoms with Gasteiger partial charge < -0.3 is 10.2 Å². The lowest BCUT2D eigenvalue weighted by Gasteiger charge is -2.48. The zero-order valence-electron chi connectivity index (χ0n) is 10.5. The number of piperazine rings is 1. The maximum Gasteiger partial charge on any atom is 0.0447 e. The fraction of sp³-hybridized carbons (Fsp3) is 0.571. The number of aryl methyl sites for hydroxylation is 1. The van der Waals surface area contributed by atoms with Gasteiger partial charge >= 0.3 is 0 Å². The Morgan fingerprint density at radius 3 is 2.35 bits per heavy atom. The summed E-state index contributed by atoms with van der Waals surface area (Å²) in [6.45, 7) is 9.27. The monoisotopic (exact) mass is 231 g/mol. The first kappa shape index (κ1) is 11.1. The van der Waals surface area contributed by atoms with Gasteiger partial charge in [0.05, 0.1) is 0 Å². The first-order valence-corrected chi connectivity index (χ1v) is 6.59. The third-order valence-electron chi connectivity index (χ3n) is 3.93. The largest absolute Gasteiger partial charge is 0.368 e. The van der Waals surface area contributed by atoms with Crippen molar-refractivity contribution in [3.05, 3.63) is 29.8 Å². The minimum atomic E-state index is 0.776. The molecule has 1 aromatic rings. The molecule has 2 heterocycles. The average molecular weight is 231 g/mol. The van der Waals surface area contributed by atoms with E-state index < -0.39 is 0 Å². The van der Waals surface area contributed by atoms with Crippen molar-refractivity contribution < 1.29 is 0 Å². The van der Waals surface area contributed by atoms with Crippen LogP contribution in [0.2, 0.25) is 0 Å². The van der Waals surface area contributed by atoms with Crippen molar-refractivity contribution in [1.82, 2.24) is 10.2 Å².